The monoisotopic (exact) mass is 239 g/mol. The van der Waals surface area contributed by atoms with Crippen molar-refractivity contribution in [1.29, 1.82) is 0 Å². The van der Waals surface area contributed by atoms with Crippen molar-refractivity contribution in [3.8, 4) is 0 Å². The third kappa shape index (κ3) is 1.53. The fourth-order valence-corrected chi connectivity index (χ4v) is 2.38. The minimum atomic E-state index is 0.510. The van der Waals surface area contributed by atoms with E-state index in [4.69, 9.17) is 0 Å². The van der Waals surface area contributed by atoms with Crippen LogP contribution in [0, 0.1) is 6.92 Å². The van der Waals surface area contributed by atoms with Gasteiger partial charge in [0, 0.05) is 10.5 Å². The molecule has 1 aromatic carbocycles. The van der Waals surface area contributed by atoms with Gasteiger partial charge in [0.15, 0.2) is 0 Å². The molecule has 0 spiro atoms. The highest BCUT2D eigenvalue weighted by molar-refractivity contribution is 9.10. The summed E-state index contributed by atoms with van der Waals surface area (Å²) in [5.74, 6) is 0. The highest BCUT2D eigenvalue weighted by atomic mass is 79.9. The Kier molecular flexibility index (Phi) is 2.43. The molecule has 1 heterocycles. The Morgan fingerprint density at radius 3 is 3.00 bits per heavy atom. The lowest BCUT2D eigenvalue weighted by Gasteiger charge is -2.25. The minimum absolute atomic E-state index is 0.510. The molecule has 1 aliphatic rings. The molecule has 2 heteroatoms. The third-order valence-electron chi connectivity index (χ3n) is 2.86. The van der Waals surface area contributed by atoms with Gasteiger partial charge in [-0.3, -0.25) is 0 Å². The topological polar surface area (TPSA) is 12.0 Å². The summed E-state index contributed by atoms with van der Waals surface area (Å²) in [4.78, 5) is 0. The Bertz CT molecular complexity index is 333. The van der Waals surface area contributed by atoms with Gasteiger partial charge in [-0.25, -0.2) is 0 Å². The number of nitrogens with one attached hydrogen (secondary N) is 1. The molecule has 1 atom stereocenters. The van der Waals surface area contributed by atoms with Crippen molar-refractivity contribution >= 4 is 15.9 Å². The summed E-state index contributed by atoms with van der Waals surface area (Å²) in [6.07, 6.45) is 1.16. The smallest absolute Gasteiger partial charge is 0.0294 e. The first kappa shape index (κ1) is 9.22. The standard InChI is InChI=1S/C11H14BrN/c1-7-9-5-6-13-8(2)10(9)3-4-11(7)12/h3-4,8,13H,5-6H2,1-2H3. The fourth-order valence-electron chi connectivity index (χ4n) is 2.01. The number of fused-ring (bicyclic) bond motifs is 1. The zero-order valence-corrected chi connectivity index (χ0v) is 9.61. The largest absolute Gasteiger partial charge is 0.310 e. The van der Waals surface area contributed by atoms with Crippen LogP contribution >= 0.6 is 15.9 Å². The van der Waals surface area contributed by atoms with Gasteiger partial charge in [-0.05, 0) is 49.6 Å². The molecule has 0 saturated heterocycles. The van der Waals surface area contributed by atoms with Crippen molar-refractivity contribution in [2.24, 2.45) is 0 Å². The molecule has 13 heavy (non-hydrogen) atoms. The molecule has 1 N–H and O–H groups in total. The molecule has 0 aliphatic carbocycles. The first-order valence-corrected chi connectivity index (χ1v) is 5.50. The number of rotatable bonds is 0. The summed E-state index contributed by atoms with van der Waals surface area (Å²) in [7, 11) is 0. The van der Waals surface area contributed by atoms with Crippen LogP contribution in [0.15, 0.2) is 16.6 Å². The van der Waals surface area contributed by atoms with Gasteiger partial charge in [0.05, 0.1) is 0 Å². The molecule has 1 aliphatic heterocycles. The first-order valence-electron chi connectivity index (χ1n) is 4.71. The molecule has 1 nitrogen and oxygen atoms in total. The van der Waals surface area contributed by atoms with Crippen LogP contribution in [0.2, 0.25) is 0 Å². The van der Waals surface area contributed by atoms with E-state index in [2.05, 4.69) is 47.2 Å². The number of hydrogen-bond acceptors (Lipinski definition) is 1. The van der Waals surface area contributed by atoms with Gasteiger partial charge in [0.2, 0.25) is 0 Å². The van der Waals surface area contributed by atoms with E-state index in [1.54, 1.807) is 0 Å². The van der Waals surface area contributed by atoms with E-state index in [0.29, 0.717) is 6.04 Å². The van der Waals surface area contributed by atoms with E-state index in [1.165, 1.54) is 21.2 Å². The summed E-state index contributed by atoms with van der Waals surface area (Å²) in [5.41, 5.74) is 4.40. The van der Waals surface area contributed by atoms with Crippen molar-refractivity contribution < 1.29 is 0 Å². The molecule has 1 aromatic rings. The second-order valence-electron chi connectivity index (χ2n) is 3.67. The SMILES string of the molecule is Cc1c(Br)ccc2c1CCNC2C. The molecular formula is C11H14BrN. The van der Waals surface area contributed by atoms with Gasteiger partial charge in [-0.1, -0.05) is 22.0 Å². The molecule has 0 bridgehead atoms. The Labute approximate surface area is 87.7 Å². The maximum atomic E-state index is 3.57. The summed E-state index contributed by atoms with van der Waals surface area (Å²) < 4.78 is 1.24. The van der Waals surface area contributed by atoms with Gasteiger partial charge in [0.1, 0.15) is 0 Å². The quantitative estimate of drug-likeness (QED) is 0.735. The average Bonchev–Trinajstić information content (AvgIpc) is 2.12. The normalized spacial score (nSPS) is 21.3. The van der Waals surface area contributed by atoms with Crippen molar-refractivity contribution in [1.82, 2.24) is 5.32 Å². The molecule has 0 fully saturated rings. The summed E-state index contributed by atoms with van der Waals surface area (Å²) >= 11 is 3.57. The zero-order chi connectivity index (χ0) is 9.42. The molecule has 0 aromatic heterocycles. The number of hydrogen-bond donors (Lipinski definition) is 1. The zero-order valence-electron chi connectivity index (χ0n) is 8.02. The van der Waals surface area contributed by atoms with Gasteiger partial charge in [-0.2, -0.15) is 0 Å². The second kappa shape index (κ2) is 3.43. The maximum absolute atomic E-state index is 3.57. The van der Waals surface area contributed by atoms with E-state index in [1.807, 2.05) is 0 Å². The summed E-state index contributed by atoms with van der Waals surface area (Å²) in [6, 6.07) is 4.89. The van der Waals surface area contributed by atoms with Crippen molar-refractivity contribution in [3.63, 3.8) is 0 Å². The Morgan fingerprint density at radius 2 is 2.23 bits per heavy atom. The second-order valence-corrected chi connectivity index (χ2v) is 4.52. The van der Waals surface area contributed by atoms with Crippen LogP contribution in [-0.2, 0) is 6.42 Å². The molecule has 0 amide bonds. The Hall–Kier alpha value is -0.340. The summed E-state index contributed by atoms with van der Waals surface area (Å²) in [5, 5.41) is 3.47. The van der Waals surface area contributed by atoms with E-state index in [-0.39, 0.29) is 0 Å². The van der Waals surface area contributed by atoms with Crippen LogP contribution < -0.4 is 5.32 Å². The number of halogens is 1. The van der Waals surface area contributed by atoms with Crippen LogP contribution in [-0.4, -0.2) is 6.54 Å². The Morgan fingerprint density at radius 1 is 1.46 bits per heavy atom. The first-order chi connectivity index (χ1) is 6.20. The predicted molar refractivity (Wildman–Crippen MR) is 59.0 cm³/mol. The van der Waals surface area contributed by atoms with E-state index in [0.717, 1.165) is 13.0 Å². The lowest BCUT2D eigenvalue weighted by Crippen LogP contribution is -2.28. The molecule has 2 rings (SSSR count). The van der Waals surface area contributed by atoms with Gasteiger partial charge < -0.3 is 5.32 Å². The van der Waals surface area contributed by atoms with Crippen LogP contribution in [0.1, 0.15) is 29.7 Å². The highest BCUT2D eigenvalue weighted by Crippen LogP contribution is 2.29. The van der Waals surface area contributed by atoms with Crippen LogP contribution in [0.4, 0.5) is 0 Å². The van der Waals surface area contributed by atoms with Crippen LogP contribution in [0.25, 0.3) is 0 Å². The van der Waals surface area contributed by atoms with E-state index in [9.17, 15) is 0 Å². The van der Waals surface area contributed by atoms with Crippen molar-refractivity contribution in [2.75, 3.05) is 6.54 Å². The lowest BCUT2D eigenvalue weighted by molar-refractivity contribution is 0.539. The average molecular weight is 240 g/mol. The predicted octanol–water partition coefficient (Wildman–Crippen LogP) is 2.96. The van der Waals surface area contributed by atoms with E-state index < -0.39 is 0 Å². The van der Waals surface area contributed by atoms with Crippen molar-refractivity contribution in [2.45, 2.75) is 26.3 Å². The third-order valence-corrected chi connectivity index (χ3v) is 3.72. The van der Waals surface area contributed by atoms with Gasteiger partial charge in [-0.15, -0.1) is 0 Å². The molecule has 0 radical (unpaired) electrons. The minimum Gasteiger partial charge on any atom is -0.310 e. The van der Waals surface area contributed by atoms with Crippen molar-refractivity contribution in [3.05, 3.63) is 33.3 Å². The fraction of sp³-hybridized carbons (Fsp3) is 0.455. The maximum Gasteiger partial charge on any atom is 0.0294 e. The molecular weight excluding hydrogens is 226 g/mol. The van der Waals surface area contributed by atoms with Gasteiger partial charge >= 0.3 is 0 Å². The van der Waals surface area contributed by atoms with Crippen LogP contribution in [0.3, 0.4) is 0 Å². The van der Waals surface area contributed by atoms with E-state index >= 15 is 0 Å². The molecule has 0 saturated carbocycles. The molecule has 1 unspecified atom stereocenters. The Balaban J connectivity index is 2.56. The number of benzene rings is 1. The van der Waals surface area contributed by atoms with Crippen LogP contribution in [0.5, 0.6) is 0 Å². The lowest BCUT2D eigenvalue weighted by atomic mass is 9.92. The molecule has 70 valence electrons. The highest BCUT2D eigenvalue weighted by Gasteiger charge is 2.17. The summed E-state index contributed by atoms with van der Waals surface area (Å²) in [6.45, 7) is 5.53. The van der Waals surface area contributed by atoms with Gasteiger partial charge in [0.25, 0.3) is 0 Å².